The van der Waals surface area contributed by atoms with Crippen molar-refractivity contribution in [2.75, 3.05) is 24.2 Å². The van der Waals surface area contributed by atoms with E-state index in [-0.39, 0.29) is 11.6 Å². The van der Waals surface area contributed by atoms with Gasteiger partial charge in [0.2, 0.25) is 0 Å². The molecular weight excluding hydrogens is 242 g/mol. The zero-order chi connectivity index (χ0) is 12.4. The number of nitrogens with one attached hydrogen (secondary N) is 1. The number of rotatable bonds is 2. The van der Waals surface area contributed by atoms with Crippen LogP contribution in [-0.2, 0) is 0 Å². The number of hydrogen-bond acceptors (Lipinski definition) is 3. The molecule has 0 unspecified atom stereocenters. The Bertz CT molecular complexity index is 438. The van der Waals surface area contributed by atoms with Gasteiger partial charge in [-0.2, -0.15) is 0 Å². The van der Waals surface area contributed by atoms with E-state index < -0.39 is 0 Å². The average Bonchev–Trinajstić information content (AvgIpc) is 2.33. The van der Waals surface area contributed by atoms with Crippen molar-refractivity contribution >= 4 is 23.2 Å². The molecule has 1 aliphatic heterocycles. The Morgan fingerprint density at radius 3 is 2.41 bits per heavy atom. The van der Waals surface area contributed by atoms with Gasteiger partial charge in [0.05, 0.1) is 5.69 Å². The molecule has 5 heteroatoms. The summed E-state index contributed by atoms with van der Waals surface area (Å²) in [4.78, 5) is 2.14. The topological polar surface area (TPSA) is 27.1 Å². The molecule has 0 atom stereocenters. The van der Waals surface area contributed by atoms with Crippen molar-refractivity contribution in [3.05, 3.63) is 23.8 Å². The first-order chi connectivity index (χ1) is 8.11. The second-order valence-electron chi connectivity index (χ2n) is 4.03. The van der Waals surface area contributed by atoms with E-state index in [4.69, 9.17) is 5.41 Å². The van der Waals surface area contributed by atoms with Crippen LogP contribution in [0.2, 0.25) is 0 Å². The van der Waals surface area contributed by atoms with Crippen LogP contribution in [0.1, 0.15) is 12.8 Å². The van der Waals surface area contributed by atoms with Gasteiger partial charge in [-0.05, 0) is 12.3 Å². The van der Waals surface area contributed by atoms with Crippen molar-refractivity contribution < 1.29 is 8.78 Å². The first-order valence-corrected chi connectivity index (χ1v) is 6.68. The Hall–Kier alpha value is -1.10. The lowest BCUT2D eigenvalue weighted by Gasteiger charge is -2.29. The van der Waals surface area contributed by atoms with Crippen molar-refractivity contribution in [3.8, 4) is 0 Å². The monoisotopic (exact) mass is 256 g/mol. The summed E-state index contributed by atoms with van der Waals surface area (Å²) >= 11 is 1.20. The highest BCUT2D eigenvalue weighted by Gasteiger charge is 2.19. The smallest absolute Gasteiger partial charge is 0.147 e. The molecule has 0 aliphatic carbocycles. The average molecular weight is 256 g/mol. The highest BCUT2D eigenvalue weighted by atomic mass is 32.2. The van der Waals surface area contributed by atoms with Crippen LogP contribution in [0.3, 0.4) is 0 Å². The molecule has 1 saturated heterocycles. The van der Waals surface area contributed by atoms with E-state index in [1.165, 1.54) is 23.9 Å². The minimum Gasteiger partial charge on any atom is -0.368 e. The number of nitrogens with zero attached hydrogens (tertiary/aromatic N) is 1. The minimum atomic E-state index is -0.385. The quantitative estimate of drug-likeness (QED) is 0.822. The van der Waals surface area contributed by atoms with Crippen LogP contribution >= 0.6 is 11.8 Å². The largest absolute Gasteiger partial charge is 0.368 e. The van der Waals surface area contributed by atoms with Crippen LogP contribution in [0.15, 0.2) is 17.0 Å². The van der Waals surface area contributed by atoms with Crippen molar-refractivity contribution in [1.29, 1.82) is 5.41 Å². The van der Waals surface area contributed by atoms with Gasteiger partial charge in [-0.1, -0.05) is 0 Å². The minimum absolute atomic E-state index is 0.313. The molecule has 0 aromatic heterocycles. The summed E-state index contributed by atoms with van der Waals surface area (Å²) in [5.74, 6) is -0.765. The van der Waals surface area contributed by atoms with Crippen LogP contribution in [-0.4, -0.2) is 25.1 Å². The van der Waals surface area contributed by atoms with Crippen LogP contribution < -0.4 is 4.90 Å². The van der Waals surface area contributed by atoms with Crippen LogP contribution in [0.5, 0.6) is 0 Å². The number of piperidine rings is 1. The molecule has 17 heavy (non-hydrogen) atoms. The van der Waals surface area contributed by atoms with Gasteiger partial charge < -0.3 is 10.3 Å². The predicted octanol–water partition coefficient (Wildman–Crippen LogP) is 3.31. The van der Waals surface area contributed by atoms with E-state index in [1.807, 2.05) is 0 Å². The predicted molar refractivity (Wildman–Crippen MR) is 67.3 cm³/mol. The maximum atomic E-state index is 13.8. The fourth-order valence-electron chi connectivity index (χ4n) is 1.93. The summed E-state index contributed by atoms with van der Waals surface area (Å²) < 4.78 is 27.4. The molecule has 0 spiro atoms. The van der Waals surface area contributed by atoms with Crippen LogP contribution in [0.25, 0.3) is 0 Å². The molecule has 1 fully saturated rings. The van der Waals surface area contributed by atoms with E-state index in [2.05, 4.69) is 0 Å². The molecule has 1 aromatic rings. The summed E-state index contributed by atoms with van der Waals surface area (Å²) in [7, 11) is 0. The molecule has 0 radical (unpaired) electrons. The van der Waals surface area contributed by atoms with Gasteiger partial charge in [0.15, 0.2) is 0 Å². The van der Waals surface area contributed by atoms with Crippen LogP contribution in [0.4, 0.5) is 14.5 Å². The molecular formula is C12H14F2N2S. The number of thioether (sulfide) groups is 1. The Kier molecular flexibility index (Phi) is 3.66. The van der Waals surface area contributed by atoms with Gasteiger partial charge in [-0.15, -0.1) is 11.8 Å². The Morgan fingerprint density at radius 2 is 1.82 bits per heavy atom. The maximum Gasteiger partial charge on any atom is 0.147 e. The summed E-state index contributed by atoms with van der Waals surface area (Å²) in [5.41, 5.74) is 0.996. The van der Waals surface area contributed by atoms with Gasteiger partial charge in [0, 0.05) is 42.6 Å². The number of benzene rings is 1. The van der Waals surface area contributed by atoms with E-state index in [0.29, 0.717) is 42.2 Å². The molecule has 1 N–H and O–H groups in total. The van der Waals surface area contributed by atoms with Gasteiger partial charge in [0.25, 0.3) is 0 Å². The molecule has 1 heterocycles. The second-order valence-corrected chi connectivity index (χ2v) is 4.88. The Labute approximate surface area is 104 Å². The van der Waals surface area contributed by atoms with E-state index in [0.717, 1.165) is 0 Å². The zero-order valence-corrected chi connectivity index (χ0v) is 10.4. The first kappa shape index (κ1) is 12.4. The molecule has 1 aromatic carbocycles. The third-order valence-electron chi connectivity index (χ3n) is 2.93. The Morgan fingerprint density at radius 1 is 1.18 bits per heavy atom. The number of hydrogen-bond donors (Lipinski definition) is 1. The van der Waals surface area contributed by atoms with E-state index in [9.17, 15) is 8.78 Å². The highest BCUT2D eigenvalue weighted by Crippen LogP contribution is 2.29. The molecule has 1 aliphatic rings. The summed E-state index contributed by atoms with van der Waals surface area (Å²) in [6.07, 6.45) is 2.98. The van der Waals surface area contributed by atoms with Crippen LogP contribution in [0, 0.1) is 17.0 Å². The standard InChI is InChI=1S/C12H14F2N2S/c1-17-12-7-9(13)11(6-10(12)14)16-4-2-8(15)3-5-16/h6-7,15H,2-5H2,1H3. The lowest BCUT2D eigenvalue weighted by molar-refractivity contribution is 0.570. The normalized spacial score (nSPS) is 16.4. The molecule has 0 bridgehead atoms. The van der Waals surface area contributed by atoms with Gasteiger partial charge in [-0.25, -0.2) is 8.78 Å². The molecule has 0 saturated carbocycles. The fraction of sp³-hybridized carbons (Fsp3) is 0.417. The molecule has 2 rings (SSSR count). The summed E-state index contributed by atoms with van der Waals surface area (Å²) in [6, 6.07) is 2.51. The van der Waals surface area contributed by atoms with E-state index >= 15 is 0 Å². The van der Waals surface area contributed by atoms with Gasteiger partial charge >= 0.3 is 0 Å². The molecule has 92 valence electrons. The van der Waals surface area contributed by atoms with Crippen molar-refractivity contribution in [2.24, 2.45) is 0 Å². The maximum absolute atomic E-state index is 13.8. The SMILES string of the molecule is CSc1cc(F)c(N2CCC(=N)CC2)cc1F. The summed E-state index contributed by atoms with van der Waals surface area (Å²) in [5, 5.41) is 7.50. The first-order valence-electron chi connectivity index (χ1n) is 5.46. The van der Waals surface area contributed by atoms with Gasteiger partial charge in [-0.3, -0.25) is 0 Å². The highest BCUT2D eigenvalue weighted by molar-refractivity contribution is 7.98. The third-order valence-corrected chi connectivity index (χ3v) is 3.68. The summed E-state index contributed by atoms with van der Waals surface area (Å²) in [6.45, 7) is 1.18. The fourth-order valence-corrected chi connectivity index (χ4v) is 2.41. The molecule has 0 amide bonds. The second kappa shape index (κ2) is 5.04. The van der Waals surface area contributed by atoms with Gasteiger partial charge in [0.1, 0.15) is 11.6 Å². The number of anilines is 1. The third kappa shape index (κ3) is 2.60. The molecule has 2 nitrogen and oxygen atoms in total. The Balaban J connectivity index is 2.26. The lowest BCUT2D eigenvalue weighted by atomic mass is 10.1. The van der Waals surface area contributed by atoms with E-state index in [1.54, 1.807) is 11.2 Å². The lowest BCUT2D eigenvalue weighted by Crippen LogP contribution is -2.34. The zero-order valence-electron chi connectivity index (χ0n) is 9.59. The van der Waals surface area contributed by atoms with Crippen molar-refractivity contribution in [1.82, 2.24) is 0 Å². The van der Waals surface area contributed by atoms with Crippen molar-refractivity contribution in [2.45, 2.75) is 17.7 Å². The van der Waals surface area contributed by atoms with Crippen molar-refractivity contribution in [3.63, 3.8) is 0 Å². The number of halogens is 2.